The van der Waals surface area contributed by atoms with Crippen molar-refractivity contribution in [3.05, 3.63) is 64.7 Å². The molecule has 27 heavy (non-hydrogen) atoms. The highest BCUT2D eigenvalue weighted by atomic mass is 32.1. The standard InChI is InChI=1S/C20H24N4O2S/c1-15-8-5-6-10-17(15)23-13-21-24(20(23)27)14-22(2)12-16-9-7-11-18(25-3)19(16)26-4/h5-11,13H,12,14H2,1-4H3. The molecule has 0 bridgehead atoms. The van der Waals surface area contributed by atoms with Gasteiger partial charge in [0.25, 0.3) is 0 Å². The Hall–Kier alpha value is -2.64. The average Bonchev–Trinajstić information content (AvgIpc) is 3.02. The number of ether oxygens (including phenoxy) is 2. The first-order chi connectivity index (χ1) is 13.0. The van der Waals surface area contributed by atoms with Crippen molar-refractivity contribution in [1.82, 2.24) is 19.2 Å². The van der Waals surface area contributed by atoms with Crippen molar-refractivity contribution in [1.29, 1.82) is 0 Å². The fourth-order valence-electron chi connectivity index (χ4n) is 3.08. The Morgan fingerprint density at radius 1 is 1.07 bits per heavy atom. The number of hydrogen-bond donors (Lipinski definition) is 0. The molecule has 3 rings (SSSR count). The summed E-state index contributed by atoms with van der Waals surface area (Å²) >= 11 is 5.63. The Bertz CT molecular complexity index is 980. The summed E-state index contributed by atoms with van der Waals surface area (Å²) in [6.45, 7) is 3.31. The average molecular weight is 385 g/mol. The van der Waals surface area contributed by atoms with E-state index in [2.05, 4.69) is 23.0 Å². The highest BCUT2D eigenvalue weighted by Crippen LogP contribution is 2.31. The molecule has 6 nitrogen and oxygen atoms in total. The Balaban J connectivity index is 1.79. The molecule has 1 heterocycles. The van der Waals surface area contributed by atoms with Gasteiger partial charge in [0.2, 0.25) is 4.77 Å². The molecule has 2 aromatic carbocycles. The van der Waals surface area contributed by atoms with Gasteiger partial charge in [-0.05, 0) is 43.9 Å². The fraction of sp³-hybridized carbons (Fsp3) is 0.300. The minimum Gasteiger partial charge on any atom is -0.493 e. The third-order valence-electron chi connectivity index (χ3n) is 4.41. The molecule has 0 saturated carbocycles. The number of benzene rings is 2. The van der Waals surface area contributed by atoms with Gasteiger partial charge in [-0.3, -0.25) is 9.47 Å². The van der Waals surface area contributed by atoms with E-state index in [1.165, 1.54) is 0 Å². The summed E-state index contributed by atoms with van der Waals surface area (Å²) < 4.78 is 15.3. The quantitative estimate of drug-likeness (QED) is 0.580. The van der Waals surface area contributed by atoms with Gasteiger partial charge in [0.15, 0.2) is 11.5 Å². The van der Waals surface area contributed by atoms with Gasteiger partial charge < -0.3 is 9.47 Å². The molecule has 0 amide bonds. The molecule has 0 aliphatic carbocycles. The molecule has 142 valence electrons. The number of nitrogens with zero attached hydrogens (tertiary/aromatic N) is 4. The van der Waals surface area contributed by atoms with Gasteiger partial charge in [-0.2, -0.15) is 5.10 Å². The highest BCUT2D eigenvalue weighted by molar-refractivity contribution is 7.71. The van der Waals surface area contributed by atoms with Gasteiger partial charge in [0.05, 0.1) is 26.6 Å². The van der Waals surface area contributed by atoms with Crippen LogP contribution in [0.25, 0.3) is 5.69 Å². The monoisotopic (exact) mass is 384 g/mol. The topological polar surface area (TPSA) is 44.5 Å². The number of rotatable bonds is 7. The van der Waals surface area contributed by atoms with E-state index in [4.69, 9.17) is 21.7 Å². The molecule has 7 heteroatoms. The molecule has 0 aliphatic rings. The van der Waals surface area contributed by atoms with E-state index < -0.39 is 0 Å². The SMILES string of the molecule is COc1cccc(CN(C)Cn2ncn(-c3ccccc3C)c2=S)c1OC. The lowest BCUT2D eigenvalue weighted by molar-refractivity contribution is 0.239. The van der Waals surface area contributed by atoms with Crippen LogP contribution < -0.4 is 9.47 Å². The second-order valence-electron chi connectivity index (χ2n) is 6.38. The molecule has 0 aliphatic heterocycles. The molecule has 0 saturated heterocycles. The van der Waals surface area contributed by atoms with Crippen LogP contribution in [0.2, 0.25) is 0 Å². The van der Waals surface area contributed by atoms with Crippen molar-refractivity contribution < 1.29 is 9.47 Å². The summed E-state index contributed by atoms with van der Waals surface area (Å²) in [6.07, 6.45) is 1.77. The van der Waals surface area contributed by atoms with E-state index in [-0.39, 0.29) is 0 Å². The zero-order chi connectivity index (χ0) is 19.4. The zero-order valence-electron chi connectivity index (χ0n) is 16.0. The van der Waals surface area contributed by atoms with Crippen LogP contribution in [0.3, 0.4) is 0 Å². The fourth-order valence-corrected chi connectivity index (χ4v) is 3.33. The number of aromatic nitrogens is 3. The minimum absolute atomic E-state index is 0.568. The summed E-state index contributed by atoms with van der Waals surface area (Å²) in [7, 11) is 5.32. The van der Waals surface area contributed by atoms with Gasteiger partial charge >= 0.3 is 0 Å². The van der Waals surface area contributed by atoms with Crippen LogP contribution >= 0.6 is 12.2 Å². The number of aryl methyl sites for hydroxylation is 1. The molecular formula is C20H24N4O2S. The van der Waals surface area contributed by atoms with Gasteiger partial charge in [-0.25, -0.2) is 4.68 Å². The molecule has 0 N–H and O–H groups in total. The summed E-state index contributed by atoms with van der Waals surface area (Å²) in [5.74, 6) is 1.48. The van der Waals surface area contributed by atoms with Crippen LogP contribution in [0.5, 0.6) is 11.5 Å². The first-order valence-corrected chi connectivity index (χ1v) is 9.05. The van der Waals surface area contributed by atoms with Gasteiger partial charge in [-0.1, -0.05) is 30.3 Å². The number of hydrogen-bond acceptors (Lipinski definition) is 5. The Labute approximate surface area is 164 Å². The van der Waals surface area contributed by atoms with Crippen LogP contribution in [-0.4, -0.2) is 40.5 Å². The molecule has 1 aromatic heterocycles. The Kier molecular flexibility index (Phi) is 5.93. The Morgan fingerprint density at radius 3 is 2.56 bits per heavy atom. The highest BCUT2D eigenvalue weighted by Gasteiger charge is 2.13. The minimum atomic E-state index is 0.568. The van der Waals surface area contributed by atoms with E-state index in [1.807, 2.05) is 52.7 Å². The van der Waals surface area contributed by atoms with Gasteiger partial charge in [0, 0.05) is 12.1 Å². The number of para-hydroxylation sites is 2. The lowest BCUT2D eigenvalue weighted by atomic mass is 10.1. The van der Waals surface area contributed by atoms with Crippen LogP contribution in [0.4, 0.5) is 0 Å². The molecule has 0 fully saturated rings. The molecule has 0 spiro atoms. The third kappa shape index (κ3) is 4.04. The lowest BCUT2D eigenvalue weighted by Crippen LogP contribution is -2.23. The Morgan fingerprint density at radius 2 is 1.85 bits per heavy atom. The van der Waals surface area contributed by atoms with Gasteiger partial charge in [0.1, 0.15) is 6.33 Å². The molecule has 0 unspecified atom stereocenters. The van der Waals surface area contributed by atoms with Crippen molar-refractivity contribution in [2.45, 2.75) is 20.1 Å². The number of methoxy groups -OCH3 is 2. The van der Waals surface area contributed by atoms with Crippen molar-refractivity contribution in [2.75, 3.05) is 21.3 Å². The summed E-state index contributed by atoms with van der Waals surface area (Å²) in [5.41, 5.74) is 3.25. The van der Waals surface area contributed by atoms with E-state index in [0.29, 0.717) is 18.0 Å². The normalized spacial score (nSPS) is 11.0. The second kappa shape index (κ2) is 8.37. The van der Waals surface area contributed by atoms with E-state index >= 15 is 0 Å². The van der Waals surface area contributed by atoms with Crippen molar-refractivity contribution >= 4 is 12.2 Å². The van der Waals surface area contributed by atoms with Crippen LogP contribution in [0.1, 0.15) is 11.1 Å². The zero-order valence-corrected chi connectivity index (χ0v) is 16.9. The van der Waals surface area contributed by atoms with E-state index in [9.17, 15) is 0 Å². The van der Waals surface area contributed by atoms with Crippen LogP contribution in [0.15, 0.2) is 48.8 Å². The first kappa shape index (κ1) is 19.1. The van der Waals surface area contributed by atoms with Crippen LogP contribution in [-0.2, 0) is 13.2 Å². The van der Waals surface area contributed by atoms with Crippen molar-refractivity contribution in [3.8, 4) is 17.2 Å². The van der Waals surface area contributed by atoms with Crippen molar-refractivity contribution in [3.63, 3.8) is 0 Å². The van der Waals surface area contributed by atoms with Crippen molar-refractivity contribution in [2.24, 2.45) is 0 Å². The largest absolute Gasteiger partial charge is 0.493 e. The molecule has 0 radical (unpaired) electrons. The lowest BCUT2D eigenvalue weighted by Gasteiger charge is -2.19. The van der Waals surface area contributed by atoms with Crippen LogP contribution in [0, 0.1) is 11.7 Å². The predicted molar refractivity (Wildman–Crippen MR) is 108 cm³/mol. The van der Waals surface area contributed by atoms with Gasteiger partial charge in [-0.15, -0.1) is 0 Å². The maximum atomic E-state index is 5.63. The maximum Gasteiger partial charge on any atom is 0.203 e. The third-order valence-corrected chi connectivity index (χ3v) is 4.82. The first-order valence-electron chi connectivity index (χ1n) is 8.64. The smallest absolute Gasteiger partial charge is 0.203 e. The summed E-state index contributed by atoms with van der Waals surface area (Å²) in [6, 6.07) is 14.0. The van der Waals surface area contributed by atoms with E-state index in [1.54, 1.807) is 20.5 Å². The predicted octanol–water partition coefficient (Wildman–Crippen LogP) is 3.82. The molecule has 3 aromatic rings. The van der Waals surface area contributed by atoms with E-state index in [0.717, 1.165) is 28.3 Å². The summed E-state index contributed by atoms with van der Waals surface area (Å²) in [4.78, 5) is 2.13. The molecule has 0 atom stereocenters. The summed E-state index contributed by atoms with van der Waals surface area (Å²) in [5, 5.41) is 4.47. The maximum absolute atomic E-state index is 5.63. The second-order valence-corrected chi connectivity index (χ2v) is 6.74. The molecular weight excluding hydrogens is 360 g/mol.